The van der Waals surface area contributed by atoms with Crippen molar-refractivity contribution in [2.24, 2.45) is 0 Å². The van der Waals surface area contributed by atoms with E-state index in [-0.39, 0.29) is 17.5 Å². The lowest BCUT2D eigenvalue weighted by Gasteiger charge is -2.03. The van der Waals surface area contributed by atoms with Gasteiger partial charge in [0, 0.05) is 32.5 Å². The standard InChI is InChI=1S/C14H20N6O2/c1-5-19-7-10(9(3)17-19)13(21)16-11-8-20(6-2)18-12(11)14(22)15-4/h7-8H,5-6H2,1-4H3,(H,15,22)(H,16,21). The van der Waals surface area contributed by atoms with Gasteiger partial charge in [0.25, 0.3) is 11.8 Å². The van der Waals surface area contributed by atoms with Crippen molar-refractivity contribution < 1.29 is 9.59 Å². The van der Waals surface area contributed by atoms with E-state index >= 15 is 0 Å². The fourth-order valence-electron chi connectivity index (χ4n) is 2.05. The molecule has 0 fully saturated rings. The van der Waals surface area contributed by atoms with Gasteiger partial charge in [-0.15, -0.1) is 0 Å². The Morgan fingerprint density at radius 2 is 1.73 bits per heavy atom. The van der Waals surface area contributed by atoms with Gasteiger partial charge < -0.3 is 10.6 Å². The minimum atomic E-state index is -0.344. The van der Waals surface area contributed by atoms with E-state index in [0.717, 1.165) is 0 Å². The molecular formula is C14H20N6O2. The van der Waals surface area contributed by atoms with Crippen LogP contribution in [0.3, 0.4) is 0 Å². The molecule has 2 aromatic heterocycles. The highest BCUT2D eigenvalue weighted by molar-refractivity contribution is 6.08. The number of nitrogens with one attached hydrogen (secondary N) is 2. The van der Waals surface area contributed by atoms with Crippen molar-refractivity contribution in [1.82, 2.24) is 24.9 Å². The van der Waals surface area contributed by atoms with E-state index in [1.807, 2.05) is 13.8 Å². The van der Waals surface area contributed by atoms with E-state index < -0.39 is 0 Å². The van der Waals surface area contributed by atoms with Gasteiger partial charge in [-0.05, 0) is 20.8 Å². The average Bonchev–Trinajstić information content (AvgIpc) is 3.09. The van der Waals surface area contributed by atoms with E-state index in [2.05, 4.69) is 20.8 Å². The fraction of sp³-hybridized carbons (Fsp3) is 0.429. The maximum atomic E-state index is 12.4. The Balaban J connectivity index is 2.29. The molecule has 0 bridgehead atoms. The molecule has 22 heavy (non-hydrogen) atoms. The van der Waals surface area contributed by atoms with Crippen LogP contribution in [0.2, 0.25) is 0 Å². The van der Waals surface area contributed by atoms with Crippen molar-refractivity contribution in [3.8, 4) is 0 Å². The van der Waals surface area contributed by atoms with Gasteiger partial charge in [-0.1, -0.05) is 0 Å². The first kappa shape index (κ1) is 15.7. The summed E-state index contributed by atoms with van der Waals surface area (Å²) in [4.78, 5) is 24.2. The van der Waals surface area contributed by atoms with Crippen LogP contribution in [-0.4, -0.2) is 38.4 Å². The predicted octanol–water partition coefficient (Wildman–Crippen LogP) is 1.04. The molecule has 0 aliphatic carbocycles. The van der Waals surface area contributed by atoms with Crippen LogP contribution in [-0.2, 0) is 13.1 Å². The topological polar surface area (TPSA) is 93.8 Å². The van der Waals surface area contributed by atoms with Crippen LogP contribution in [0.25, 0.3) is 0 Å². The molecule has 2 N–H and O–H groups in total. The second-order valence-corrected chi connectivity index (χ2v) is 4.76. The summed E-state index contributed by atoms with van der Waals surface area (Å²) >= 11 is 0. The largest absolute Gasteiger partial charge is 0.354 e. The summed E-state index contributed by atoms with van der Waals surface area (Å²) < 4.78 is 3.29. The number of hydrogen-bond acceptors (Lipinski definition) is 4. The number of amides is 2. The van der Waals surface area contributed by atoms with Crippen molar-refractivity contribution in [1.29, 1.82) is 0 Å². The quantitative estimate of drug-likeness (QED) is 0.863. The first-order valence-corrected chi connectivity index (χ1v) is 7.15. The number of carbonyl (C=O) groups excluding carboxylic acids is 2. The van der Waals surface area contributed by atoms with Crippen LogP contribution in [0.5, 0.6) is 0 Å². The molecule has 0 aliphatic rings. The summed E-state index contributed by atoms with van der Waals surface area (Å²) in [6, 6.07) is 0. The predicted molar refractivity (Wildman–Crippen MR) is 81.9 cm³/mol. The van der Waals surface area contributed by atoms with Crippen molar-refractivity contribution in [3.63, 3.8) is 0 Å². The van der Waals surface area contributed by atoms with Gasteiger partial charge >= 0.3 is 0 Å². The zero-order valence-corrected chi connectivity index (χ0v) is 13.2. The zero-order chi connectivity index (χ0) is 16.3. The Hall–Kier alpha value is -2.64. The highest BCUT2D eigenvalue weighted by atomic mass is 16.2. The monoisotopic (exact) mass is 304 g/mol. The molecule has 0 aliphatic heterocycles. The lowest BCUT2D eigenvalue weighted by atomic mass is 10.2. The number of aryl methyl sites for hydroxylation is 3. The van der Waals surface area contributed by atoms with E-state index in [0.29, 0.717) is 30.0 Å². The first-order chi connectivity index (χ1) is 10.5. The minimum Gasteiger partial charge on any atom is -0.354 e. The SMILES string of the molecule is CCn1cc(C(=O)Nc2cn(CC)nc2C(=O)NC)c(C)n1. The Labute approximate surface area is 128 Å². The lowest BCUT2D eigenvalue weighted by molar-refractivity contribution is 0.0958. The molecule has 8 nitrogen and oxygen atoms in total. The second-order valence-electron chi connectivity index (χ2n) is 4.76. The first-order valence-electron chi connectivity index (χ1n) is 7.15. The van der Waals surface area contributed by atoms with Gasteiger partial charge in [-0.2, -0.15) is 10.2 Å². The Bertz CT molecular complexity index is 700. The van der Waals surface area contributed by atoms with Gasteiger partial charge in [-0.3, -0.25) is 19.0 Å². The summed E-state index contributed by atoms with van der Waals surface area (Å²) in [7, 11) is 1.52. The molecule has 0 saturated carbocycles. The van der Waals surface area contributed by atoms with Crippen molar-refractivity contribution >= 4 is 17.5 Å². The maximum absolute atomic E-state index is 12.4. The normalized spacial score (nSPS) is 10.5. The minimum absolute atomic E-state index is 0.193. The van der Waals surface area contributed by atoms with Gasteiger partial charge in [0.05, 0.1) is 16.9 Å². The van der Waals surface area contributed by atoms with Crippen molar-refractivity contribution in [2.45, 2.75) is 33.9 Å². The number of aromatic nitrogens is 4. The zero-order valence-electron chi connectivity index (χ0n) is 13.2. The third kappa shape index (κ3) is 3.00. The van der Waals surface area contributed by atoms with E-state index in [1.165, 1.54) is 7.05 Å². The molecule has 0 saturated heterocycles. The summed E-state index contributed by atoms with van der Waals surface area (Å²) in [5.74, 6) is -0.651. The van der Waals surface area contributed by atoms with Gasteiger partial charge in [0.1, 0.15) is 0 Å². The van der Waals surface area contributed by atoms with Crippen LogP contribution in [0.1, 0.15) is 40.4 Å². The number of carbonyl (C=O) groups is 2. The molecule has 118 valence electrons. The summed E-state index contributed by atoms with van der Waals surface area (Å²) in [5, 5.41) is 13.7. The summed E-state index contributed by atoms with van der Waals surface area (Å²) in [6.07, 6.45) is 3.33. The van der Waals surface area contributed by atoms with Crippen molar-refractivity contribution in [2.75, 3.05) is 12.4 Å². The van der Waals surface area contributed by atoms with Crippen LogP contribution in [0, 0.1) is 6.92 Å². The average molecular weight is 304 g/mol. The van der Waals surface area contributed by atoms with Crippen LogP contribution < -0.4 is 10.6 Å². The number of anilines is 1. The molecule has 2 amide bonds. The lowest BCUT2D eigenvalue weighted by Crippen LogP contribution is -2.21. The maximum Gasteiger partial charge on any atom is 0.273 e. The highest BCUT2D eigenvalue weighted by Gasteiger charge is 2.20. The molecule has 0 atom stereocenters. The molecule has 0 aromatic carbocycles. The van der Waals surface area contributed by atoms with Gasteiger partial charge in [0.2, 0.25) is 0 Å². The summed E-state index contributed by atoms with van der Waals surface area (Å²) in [6.45, 7) is 6.92. The van der Waals surface area contributed by atoms with Gasteiger partial charge in [0.15, 0.2) is 5.69 Å². The van der Waals surface area contributed by atoms with E-state index in [9.17, 15) is 9.59 Å². The summed E-state index contributed by atoms with van der Waals surface area (Å²) in [5.41, 5.74) is 1.70. The Kier molecular flexibility index (Phi) is 4.59. The molecule has 0 radical (unpaired) electrons. The van der Waals surface area contributed by atoms with Crippen LogP contribution in [0.15, 0.2) is 12.4 Å². The van der Waals surface area contributed by atoms with Crippen LogP contribution in [0.4, 0.5) is 5.69 Å². The molecule has 8 heteroatoms. The van der Waals surface area contributed by atoms with Crippen molar-refractivity contribution in [3.05, 3.63) is 29.3 Å². The third-order valence-corrected chi connectivity index (χ3v) is 3.29. The number of rotatable bonds is 5. The molecule has 2 aromatic rings. The number of hydrogen-bond donors (Lipinski definition) is 2. The highest BCUT2D eigenvalue weighted by Crippen LogP contribution is 2.16. The molecule has 2 heterocycles. The second kappa shape index (κ2) is 6.42. The Morgan fingerprint density at radius 1 is 1.09 bits per heavy atom. The number of nitrogens with zero attached hydrogens (tertiary/aromatic N) is 4. The van der Waals surface area contributed by atoms with E-state index in [4.69, 9.17) is 0 Å². The molecular weight excluding hydrogens is 284 g/mol. The molecule has 2 rings (SSSR count). The van der Waals surface area contributed by atoms with Crippen LogP contribution >= 0.6 is 0 Å². The smallest absolute Gasteiger partial charge is 0.273 e. The molecule has 0 unspecified atom stereocenters. The van der Waals surface area contributed by atoms with E-state index in [1.54, 1.807) is 28.7 Å². The third-order valence-electron chi connectivity index (χ3n) is 3.29. The Morgan fingerprint density at radius 3 is 2.27 bits per heavy atom. The fourth-order valence-corrected chi connectivity index (χ4v) is 2.05. The molecule has 0 spiro atoms. The van der Waals surface area contributed by atoms with Gasteiger partial charge in [-0.25, -0.2) is 0 Å².